The summed E-state index contributed by atoms with van der Waals surface area (Å²) in [6.07, 6.45) is 0.870. The molecule has 2 atom stereocenters. The number of rotatable bonds is 6. The van der Waals surface area contributed by atoms with Gasteiger partial charge in [-0.1, -0.05) is 72.8 Å². The van der Waals surface area contributed by atoms with Crippen LogP contribution >= 0.6 is 0 Å². The van der Waals surface area contributed by atoms with E-state index in [9.17, 15) is 23.3 Å². The van der Waals surface area contributed by atoms with Crippen LogP contribution in [0.15, 0.2) is 83.3 Å². The van der Waals surface area contributed by atoms with Crippen LogP contribution in [0.2, 0.25) is 0 Å². The summed E-state index contributed by atoms with van der Waals surface area (Å²) in [7, 11) is 0. The van der Waals surface area contributed by atoms with Gasteiger partial charge in [0.05, 0.1) is 11.5 Å². The fraction of sp³-hybridized carbons (Fsp3) is 0.344. The number of alkyl halides is 3. The minimum atomic E-state index is -4.94. The maximum atomic E-state index is 15.0. The van der Waals surface area contributed by atoms with Gasteiger partial charge in [0.1, 0.15) is 5.82 Å². The summed E-state index contributed by atoms with van der Waals surface area (Å²) in [5.74, 6) is -0.782. The zero-order chi connectivity index (χ0) is 30.7. The molecule has 0 radical (unpaired) electrons. The van der Waals surface area contributed by atoms with E-state index < -0.39 is 40.6 Å². The van der Waals surface area contributed by atoms with Crippen LogP contribution in [-0.2, 0) is 23.4 Å². The molecule has 0 aliphatic carbocycles. The fourth-order valence-electron chi connectivity index (χ4n) is 5.89. The summed E-state index contributed by atoms with van der Waals surface area (Å²) in [4.78, 5) is 18.5. The molecule has 2 aliphatic rings. The molecule has 4 heterocycles. The van der Waals surface area contributed by atoms with E-state index in [0.717, 1.165) is 18.4 Å². The van der Waals surface area contributed by atoms with Gasteiger partial charge in [-0.15, -0.1) is 10.2 Å². The third kappa shape index (κ3) is 5.81. The Morgan fingerprint density at radius 2 is 1.77 bits per heavy atom. The molecule has 2 aliphatic heterocycles. The molecule has 2 aromatic heterocycles. The largest absolute Gasteiger partial charge is 0.426 e. The number of pyridine rings is 1. The van der Waals surface area contributed by atoms with Gasteiger partial charge in [0.15, 0.2) is 0 Å². The van der Waals surface area contributed by atoms with E-state index in [2.05, 4.69) is 15.1 Å². The zero-order valence-corrected chi connectivity index (χ0v) is 23.7. The van der Waals surface area contributed by atoms with Crippen molar-refractivity contribution in [2.75, 3.05) is 11.4 Å². The van der Waals surface area contributed by atoms with Crippen LogP contribution in [-0.4, -0.2) is 38.9 Å². The molecule has 0 N–H and O–H groups in total. The quantitative estimate of drug-likeness (QED) is 0.128. The standard InChI is InChI=1S/C32H30F3N5O4/c33-32(34,35)31(43-21-23-13-6-2-7-14-23)17-9-3-8-15-25-16-10-18-39(25)28-24(19-22-11-4-1-5-12-22)20-26(40(41)42)27(36-28)29-37-38-30(31)44-29/h1-8,11-14,20,25H,9-10,15-19,21H2/b8-3-/t25-,31?/m1/s1. The molecule has 4 aromatic rings. The monoisotopic (exact) mass is 605 g/mol. The lowest BCUT2D eigenvalue weighted by molar-refractivity contribution is -0.384. The molecule has 1 unspecified atom stereocenters. The Morgan fingerprint density at radius 1 is 1.05 bits per heavy atom. The average Bonchev–Trinajstić information content (AvgIpc) is 3.69. The highest BCUT2D eigenvalue weighted by Crippen LogP contribution is 2.47. The molecule has 1 saturated heterocycles. The predicted octanol–water partition coefficient (Wildman–Crippen LogP) is 7.31. The van der Waals surface area contributed by atoms with Crippen molar-refractivity contribution >= 4 is 11.5 Å². The molecule has 1 fully saturated rings. The van der Waals surface area contributed by atoms with Crippen molar-refractivity contribution in [1.82, 2.24) is 15.2 Å². The van der Waals surface area contributed by atoms with E-state index in [-0.39, 0.29) is 24.8 Å². The molecule has 9 nitrogen and oxygen atoms in total. The third-order valence-corrected chi connectivity index (χ3v) is 8.14. The van der Waals surface area contributed by atoms with E-state index >= 15 is 0 Å². The van der Waals surface area contributed by atoms with E-state index in [1.54, 1.807) is 36.4 Å². The maximum absolute atomic E-state index is 15.0. The van der Waals surface area contributed by atoms with Crippen molar-refractivity contribution in [2.24, 2.45) is 0 Å². The van der Waals surface area contributed by atoms with E-state index in [1.807, 2.05) is 36.4 Å². The van der Waals surface area contributed by atoms with Gasteiger partial charge >= 0.3 is 11.9 Å². The lowest BCUT2D eigenvalue weighted by Gasteiger charge is -2.32. The number of allylic oxidation sites excluding steroid dienone is 1. The molecule has 0 spiro atoms. The van der Waals surface area contributed by atoms with Crippen LogP contribution in [0.1, 0.15) is 54.7 Å². The summed E-state index contributed by atoms with van der Waals surface area (Å²) < 4.78 is 56.3. The van der Waals surface area contributed by atoms with E-state index in [4.69, 9.17) is 14.1 Å². The van der Waals surface area contributed by atoms with Gasteiger partial charge in [0.2, 0.25) is 11.3 Å². The summed E-state index contributed by atoms with van der Waals surface area (Å²) in [6.45, 7) is 0.319. The van der Waals surface area contributed by atoms with Gasteiger partial charge in [-0.3, -0.25) is 10.1 Å². The normalized spacial score (nSPS) is 21.0. The van der Waals surface area contributed by atoms with Crippen molar-refractivity contribution in [2.45, 2.75) is 63.0 Å². The number of halogens is 3. The smallest absolute Gasteiger partial charge is 0.415 e. The Balaban J connectivity index is 1.51. The molecular formula is C32H30F3N5O4. The van der Waals surface area contributed by atoms with Crippen LogP contribution in [0.4, 0.5) is 24.7 Å². The highest BCUT2D eigenvalue weighted by Gasteiger charge is 2.61. The topological polar surface area (TPSA) is 107 Å². The number of aromatic nitrogens is 3. The SMILES string of the molecule is O=[N+]([O-])c1cc(Cc2ccccc2)c2nc1-c1nnc(o1)C(OCc1ccccc1)(C(F)(F)F)CC/C=C\C[C@@H]1CCCN21. The van der Waals surface area contributed by atoms with Gasteiger partial charge < -0.3 is 14.1 Å². The molecular weight excluding hydrogens is 575 g/mol. The third-order valence-electron chi connectivity index (χ3n) is 8.14. The summed E-state index contributed by atoms with van der Waals surface area (Å²) in [5, 5.41) is 20.0. The maximum Gasteiger partial charge on any atom is 0.426 e. The second-order valence-electron chi connectivity index (χ2n) is 11.0. The Hall–Kier alpha value is -4.58. The number of fused-ring (bicyclic) bond motifs is 7. The Bertz CT molecular complexity index is 1640. The molecule has 4 bridgehead atoms. The van der Waals surface area contributed by atoms with Crippen LogP contribution in [0, 0.1) is 10.1 Å². The Labute approximate surface area is 251 Å². The lowest BCUT2D eigenvalue weighted by atomic mass is 9.95. The number of hydrogen-bond acceptors (Lipinski definition) is 8. The minimum absolute atomic E-state index is 0.0190. The zero-order valence-electron chi connectivity index (χ0n) is 23.7. The number of benzene rings is 2. The molecule has 12 heteroatoms. The highest BCUT2D eigenvalue weighted by atomic mass is 19.4. The number of hydrogen-bond donors (Lipinski definition) is 0. The van der Waals surface area contributed by atoms with Crippen molar-refractivity contribution in [3.63, 3.8) is 0 Å². The van der Waals surface area contributed by atoms with Crippen molar-refractivity contribution in [3.8, 4) is 11.6 Å². The van der Waals surface area contributed by atoms with Gasteiger partial charge in [-0.05, 0) is 43.2 Å². The Morgan fingerprint density at radius 3 is 2.48 bits per heavy atom. The average molecular weight is 606 g/mol. The van der Waals surface area contributed by atoms with Crippen LogP contribution in [0.3, 0.4) is 0 Å². The van der Waals surface area contributed by atoms with Crippen LogP contribution < -0.4 is 4.90 Å². The van der Waals surface area contributed by atoms with E-state index in [0.29, 0.717) is 36.3 Å². The molecule has 228 valence electrons. The minimum Gasteiger partial charge on any atom is -0.415 e. The summed E-state index contributed by atoms with van der Waals surface area (Å²) in [5.41, 5.74) is -1.56. The lowest BCUT2D eigenvalue weighted by Crippen LogP contribution is -2.45. The second-order valence-corrected chi connectivity index (χ2v) is 11.0. The molecule has 0 amide bonds. The highest BCUT2D eigenvalue weighted by molar-refractivity contribution is 5.68. The molecule has 0 saturated carbocycles. The molecule has 2 aromatic carbocycles. The Kier molecular flexibility index (Phi) is 8.17. The number of nitrogens with zero attached hydrogens (tertiary/aromatic N) is 5. The first kappa shape index (κ1) is 29.5. The number of ether oxygens (including phenoxy) is 1. The van der Waals surface area contributed by atoms with Crippen molar-refractivity contribution < 1.29 is 27.2 Å². The fourth-order valence-corrected chi connectivity index (χ4v) is 5.89. The predicted molar refractivity (Wildman–Crippen MR) is 156 cm³/mol. The van der Waals surface area contributed by atoms with Gasteiger partial charge in [-0.2, -0.15) is 13.2 Å². The first-order valence-electron chi connectivity index (χ1n) is 14.5. The van der Waals surface area contributed by atoms with Gasteiger partial charge in [0, 0.05) is 30.6 Å². The first-order chi connectivity index (χ1) is 21.2. The van der Waals surface area contributed by atoms with E-state index in [1.165, 1.54) is 6.07 Å². The number of nitro groups is 1. The van der Waals surface area contributed by atoms with Gasteiger partial charge in [0.25, 0.3) is 11.8 Å². The summed E-state index contributed by atoms with van der Waals surface area (Å²) in [6, 6.07) is 19.4. The number of anilines is 1. The van der Waals surface area contributed by atoms with Crippen LogP contribution in [0.25, 0.3) is 11.6 Å². The molecule has 44 heavy (non-hydrogen) atoms. The van der Waals surface area contributed by atoms with Gasteiger partial charge in [-0.25, -0.2) is 4.98 Å². The van der Waals surface area contributed by atoms with Crippen molar-refractivity contribution in [3.05, 3.63) is 112 Å². The first-order valence-corrected chi connectivity index (χ1v) is 14.5. The summed E-state index contributed by atoms with van der Waals surface area (Å²) >= 11 is 0. The second kappa shape index (κ2) is 12.2. The van der Waals surface area contributed by atoms with Crippen molar-refractivity contribution in [1.29, 1.82) is 0 Å². The van der Waals surface area contributed by atoms with Crippen LogP contribution in [0.5, 0.6) is 0 Å². The molecule has 6 rings (SSSR count).